The van der Waals surface area contributed by atoms with Crippen molar-refractivity contribution in [3.63, 3.8) is 0 Å². The van der Waals surface area contributed by atoms with Crippen molar-refractivity contribution in [3.8, 4) is 0 Å². The summed E-state index contributed by atoms with van der Waals surface area (Å²) < 4.78 is 5.07. The van der Waals surface area contributed by atoms with Gasteiger partial charge in [0.05, 0.1) is 12.1 Å². The van der Waals surface area contributed by atoms with Gasteiger partial charge in [-0.3, -0.25) is 14.5 Å². The minimum absolute atomic E-state index is 0.0521. The number of carbonyl (C=O) groups is 3. The van der Waals surface area contributed by atoms with Gasteiger partial charge in [0, 0.05) is 33.3 Å². The molecule has 1 spiro atoms. The minimum Gasteiger partial charge on any atom is -0.361 e. The monoisotopic (exact) mass is 320 g/mol. The Kier molecular flexibility index (Phi) is 3.62. The number of aryl methyl sites for hydroxylation is 1. The predicted molar refractivity (Wildman–Crippen MR) is 79.4 cm³/mol. The van der Waals surface area contributed by atoms with E-state index in [2.05, 4.69) is 5.16 Å². The third-order valence-electron chi connectivity index (χ3n) is 4.86. The molecule has 4 amide bonds. The van der Waals surface area contributed by atoms with Crippen LogP contribution in [-0.4, -0.2) is 70.4 Å². The van der Waals surface area contributed by atoms with Crippen LogP contribution in [0, 0.1) is 6.92 Å². The maximum Gasteiger partial charge on any atom is 0.327 e. The van der Waals surface area contributed by atoms with Gasteiger partial charge in [0.15, 0.2) is 0 Å². The molecule has 3 rings (SSSR count). The lowest BCUT2D eigenvalue weighted by atomic mass is 9.86. The molecule has 1 aromatic heterocycles. The predicted octanol–water partition coefficient (Wildman–Crippen LogP) is 0.411. The number of hydrogen-bond donors (Lipinski definition) is 0. The highest BCUT2D eigenvalue weighted by atomic mass is 16.5. The van der Waals surface area contributed by atoms with Gasteiger partial charge in [0.2, 0.25) is 5.91 Å². The minimum atomic E-state index is -0.800. The fourth-order valence-electron chi connectivity index (χ4n) is 3.39. The van der Waals surface area contributed by atoms with Crippen LogP contribution in [0.25, 0.3) is 0 Å². The molecule has 2 aliphatic heterocycles. The molecule has 0 radical (unpaired) electrons. The van der Waals surface area contributed by atoms with Crippen LogP contribution in [0.3, 0.4) is 0 Å². The summed E-state index contributed by atoms with van der Waals surface area (Å²) in [6.07, 6.45) is 1.08. The van der Waals surface area contributed by atoms with Crippen molar-refractivity contribution in [2.45, 2.75) is 31.7 Å². The van der Waals surface area contributed by atoms with Gasteiger partial charge in [-0.05, 0) is 19.8 Å². The first kappa shape index (κ1) is 15.5. The quantitative estimate of drug-likeness (QED) is 0.737. The molecule has 2 saturated heterocycles. The number of aromatic nitrogens is 1. The largest absolute Gasteiger partial charge is 0.361 e. The van der Waals surface area contributed by atoms with Crippen LogP contribution < -0.4 is 0 Å². The fraction of sp³-hybridized carbons (Fsp3) is 0.600. The maximum atomic E-state index is 12.4. The molecule has 0 N–H and O–H groups in total. The zero-order valence-corrected chi connectivity index (χ0v) is 13.5. The first-order chi connectivity index (χ1) is 10.8. The molecule has 0 saturated carbocycles. The number of piperidine rings is 1. The van der Waals surface area contributed by atoms with Crippen molar-refractivity contribution < 1.29 is 18.9 Å². The Morgan fingerprint density at radius 1 is 1.30 bits per heavy atom. The summed E-state index contributed by atoms with van der Waals surface area (Å²) >= 11 is 0. The fourth-order valence-corrected chi connectivity index (χ4v) is 3.39. The summed E-state index contributed by atoms with van der Waals surface area (Å²) in [4.78, 5) is 41.1. The van der Waals surface area contributed by atoms with E-state index in [1.54, 1.807) is 24.9 Å². The summed E-state index contributed by atoms with van der Waals surface area (Å²) in [5.41, 5.74) is -0.0593. The van der Waals surface area contributed by atoms with Crippen LogP contribution in [0.5, 0.6) is 0 Å². The highest BCUT2D eigenvalue weighted by Crippen LogP contribution is 2.35. The van der Waals surface area contributed by atoms with Crippen molar-refractivity contribution in [1.82, 2.24) is 19.9 Å². The maximum absolute atomic E-state index is 12.4. The molecule has 0 bridgehead atoms. The van der Waals surface area contributed by atoms with E-state index in [1.165, 1.54) is 11.9 Å². The van der Waals surface area contributed by atoms with Crippen LogP contribution in [0.15, 0.2) is 10.6 Å². The van der Waals surface area contributed by atoms with Crippen LogP contribution in [0.1, 0.15) is 24.3 Å². The molecule has 0 atom stereocenters. The molecule has 0 unspecified atom stereocenters. The summed E-state index contributed by atoms with van der Waals surface area (Å²) in [7, 11) is 3.15. The van der Waals surface area contributed by atoms with Gasteiger partial charge in [-0.2, -0.15) is 0 Å². The van der Waals surface area contributed by atoms with Crippen molar-refractivity contribution in [3.05, 3.63) is 17.5 Å². The SMILES string of the molecule is Cc1cc(CC(=O)N2CCC3(CC2)C(=O)N(C)C(=O)N3C)on1. The second-order valence-electron chi connectivity index (χ2n) is 6.23. The second kappa shape index (κ2) is 5.36. The Bertz CT molecular complexity index is 660. The van der Waals surface area contributed by atoms with Crippen LogP contribution in [-0.2, 0) is 16.0 Å². The van der Waals surface area contributed by atoms with Crippen LogP contribution >= 0.6 is 0 Å². The summed E-state index contributed by atoms with van der Waals surface area (Å²) in [6.45, 7) is 2.70. The number of imide groups is 1. The normalized spacial score (nSPS) is 20.7. The molecule has 8 heteroatoms. The Labute approximate surface area is 134 Å². The molecule has 3 heterocycles. The Hall–Kier alpha value is -2.38. The zero-order chi connectivity index (χ0) is 16.8. The van der Waals surface area contributed by atoms with E-state index in [-0.39, 0.29) is 24.3 Å². The molecule has 2 aliphatic rings. The first-order valence-corrected chi connectivity index (χ1v) is 7.61. The van der Waals surface area contributed by atoms with E-state index in [0.717, 1.165) is 10.6 Å². The standard InChI is InChI=1S/C15H20N4O4/c1-10-8-11(23-16-10)9-12(20)19-6-4-15(5-7-19)13(21)17(2)14(22)18(15)3/h8H,4-7,9H2,1-3H3. The van der Waals surface area contributed by atoms with Gasteiger partial charge in [-0.25, -0.2) is 4.79 Å². The smallest absolute Gasteiger partial charge is 0.327 e. The molecule has 1 aromatic rings. The third-order valence-corrected chi connectivity index (χ3v) is 4.86. The number of rotatable bonds is 2. The van der Waals surface area contributed by atoms with Crippen molar-refractivity contribution in [2.75, 3.05) is 27.2 Å². The highest BCUT2D eigenvalue weighted by Gasteiger charge is 2.55. The number of hydrogen-bond acceptors (Lipinski definition) is 5. The number of urea groups is 1. The van der Waals surface area contributed by atoms with E-state index >= 15 is 0 Å². The average Bonchev–Trinajstić information content (AvgIpc) is 3.01. The van der Waals surface area contributed by atoms with Gasteiger partial charge in [0.25, 0.3) is 5.91 Å². The highest BCUT2D eigenvalue weighted by molar-refractivity contribution is 6.06. The van der Waals surface area contributed by atoms with Gasteiger partial charge in [0.1, 0.15) is 11.3 Å². The van der Waals surface area contributed by atoms with Crippen molar-refractivity contribution in [1.29, 1.82) is 0 Å². The van der Waals surface area contributed by atoms with Crippen LogP contribution in [0.4, 0.5) is 4.79 Å². The number of likely N-dealkylation sites (tertiary alicyclic amines) is 1. The Balaban J connectivity index is 1.65. The molecular weight excluding hydrogens is 300 g/mol. The lowest BCUT2D eigenvalue weighted by molar-refractivity contribution is -0.140. The van der Waals surface area contributed by atoms with Crippen molar-refractivity contribution >= 4 is 17.8 Å². The Morgan fingerprint density at radius 3 is 2.43 bits per heavy atom. The van der Waals surface area contributed by atoms with E-state index < -0.39 is 5.54 Å². The van der Waals surface area contributed by atoms with Crippen LogP contribution in [0.2, 0.25) is 0 Å². The average molecular weight is 320 g/mol. The number of likely N-dealkylation sites (N-methyl/N-ethyl adjacent to an activating group) is 2. The second-order valence-corrected chi connectivity index (χ2v) is 6.23. The molecule has 8 nitrogen and oxygen atoms in total. The van der Waals surface area contributed by atoms with Gasteiger partial charge < -0.3 is 14.3 Å². The summed E-state index contributed by atoms with van der Waals surface area (Å²) in [5.74, 6) is 0.309. The lowest BCUT2D eigenvalue weighted by Gasteiger charge is -2.40. The number of amides is 4. The molecule has 0 aromatic carbocycles. The summed E-state index contributed by atoms with van der Waals surface area (Å²) in [6, 6.07) is 1.46. The van der Waals surface area contributed by atoms with Crippen molar-refractivity contribution in [2.24, 2.45) is 0 Å². The van der Waals surface area contributed by atoms with E-state index in [4.69, 9.17) is 4.52 Å². The molecule has 0 aliphatic carbocycles. The zero-order valence-electron chi connectivity index (χ0n) is 13.5. The third kappa shape index (κ3) is 2.38. The van der Waals surface area contributed by atoms with Gasteiger partial charge in [-0.15, -0.1) is 0 Å². The van der Waals surface area contributed by atoms with Gasteiger partial charge >= 0.3 is 6.03 Å². The van der Waals surface area contributed by atoms with E-state index in [9.17, 15) is 14.4 Å². The summed E-state index contributed by atoms with van der Waals surface area (Å²) in [5, 5.41) is 3.77. The lowest BCUT2D eigenvalue weighted by Crippen LogP contribution is -2.56. The molecule has 23 heavy (non-hydrogen) atoms. The number of carbonyl (C=O) groups excluding carboxylic acids is 3. The molecular formula is C15H20N4O4. The van der Waals surface area contributed by atoms with E-state index in [0.29, 0.717) is 31.7 Å². The molecule has 124 valence electrons. The Morgan fingerprint density at radius 2 is 1.96 bits per heavy atom. The first-order valence-electron chi connectivity index (χ1n) is 7.61. The van der Waals surface area contributed by atoms with Gasteiger partial charge in [-0.1, -0.05) is 5.16 Å². The van der Waals surface area contributed by atoms with E-state index in [1.807, 2.05) is 0 Å². The topological polar surface area (TPSA) is 87.0 Å². The number of nitrogens with zero attached hydrogens (tertiary/aromatic N) is 4. The molecule has 2 fully saturated rings.